The summed E-state index contributed by atoms with van der Waals surface area (Å²) in [6.07, 6.45) is 3.66. The Morgan fingerprint density at radius 2 is 2.14 bits per heavy atom. The third kappa shape index (κ3) is 2.75. The molecular formula is C16H23NO3S2. The molecule has 1 fully saturated rings. The number of hydrogen-bond donors (Lipinski definition) is 1. The minimum atomic E-state index is -0.851. The zero-order chi connectivity index (χ0) is 16.1. The molecule has 122 valence electrons. The van der Waals surface area contributed by atoms with Gasteiger partial charge in [0.1, 0.15) is 0 Å². The lowest BCUT2D eigenvalue weighted by atomic mass is 9.69. The van der Waals surface area contributed by atoms with Gasteiger partial charge in [-0.3, -0.25) is 14.2 Å². The van der Waals surface area contributed by atoms with Crippen molar-refractivity contribution in [2.75, 3.05) is 0 Å². The molecule has 1 aliphatic carbocycles. The molecule has 1 saturated carbocycles. The molecule has 2 aliphatic rings. The van der Waals surface area contributed by atoms with Crippen molar-refractivity contribution in [1.82, 2.24) is 4.57 Å². The standard InChI is InChI=1S/C16H23NO3S2/c1-9-4-5-11-10(8-9)13-14(22-16(11,2)3)17(15(20)21-13)7-6-12(18)19/h9-11H,4-8H2,1-3H3,(H,18,19)/t9-,10+,11-/m0/s1. The second kappa shape index (κ2) is 5.71. The predicted molar refractivity (Wildman–Crippen MR) is 90.0 cm³/mol. The number of carbonyl (C=O) groups is 1. The number of fused-ring (bicyclic) bond motifs is 3. The molecule has 1 N–H and O–H groups in total. The van der Waals surface area contributed by atoms with Crippen LogP contribution in [0.25, 0.3) is 0 Å². The number of thiazole rings is 1. The molecule has 3 atom stereocenters. The average molecular weight is 341 g/mol. The molecule has 2 heterocycles. The Morgan fingerprint density at radius 3 is 2.82 bits per heavy atom. The molecule has 0 saturated heterocycles. The van der Waals surface area contributed by atoms with E-state index in [0.717, 1.165) is 11.4 Å². The molecule has 6 heteroatoms. The second-order valence-electron chi connectivity index (χ2n) is 7.17. The Balaban J connectivity index is 2.01. The maximum Gasteiger partial charge on any atom is 0.308 e. The highest BCUT2D eigenvalue weighted by molar-refractivity contribution is 8.00. The number of carboxylic acid groups (broad SMARTS) is 1. The highest BCUT2D eigenvalue weighted by Gasteiger charge is 2.47. The smallest absolute Gasteiger partial charge is 0.308 e. The lowest BCUT2D eigenvalue weighted by Crippen LogP contribution is -2.39. The van der Waals surface area contributed by atoms with Gasteiger partial charge in [-0.25, -0.2) is 0 Å². The summed E-state index contributed by atoms with van der Waals surface area (Å²) >= 11 is 3.13. The van der Waals surface area contributed by atoms with E-state index in [1.54, 1.807) is 16.3 Å². The quantitative estimate of drug-likeness (QED) is 0.909. The molecule has 1 aliphatic heterocycles. The highest BCUT2D eigenvalue weighted by atomic mass is 32.2. The van der Waals surface area contributed by atoms with Gasteiger partial charge in [0.05, 0.1) is 11.4 Å². The molecule has 0 radical (unpaired) electrons. The van der Waals surface area contributed by atoms with Crippen LogP contribution < -0.4 is 4.87 Å². The van der Waals surface area contributed by atoms with Crippen molar-refractivity contribution < 1.29 is 9.90 Å². The van der Waals surface area contributed by atoms with Crippen molar-refractivity contribution in [2.45, 2.75) is 68.7 Å². The zero-order valence-electron chi connectivity index (χ0n) is 13.3. The summed E-state index contributed by atoms with van der Waals surface area (Å²) in [7, 11) is 0. The Labute approximate surface area is 138 Å². The zero-order valence-corrected chi connectivity index (χ0v) is 14.9. The Kier molecular flexibility index (Phi) is 4.18. The first-order chi connectivity index (χ1) is 10.3. The van der Waals surface area contributed by atoms with Crippen LogP contribution in [0, 0.1) is 11.8 Å². The molecule has 4 nitrogen and oxygen atoms in total. The highest BCUT2D eigenvalue weighted by Crippen LogP contribution is 2.58. The normalized spacial score (nSPS) is 29.7. The fraction of sp³-hybridized carbons (Fsp3) is 0.750. The van der Waals surface area contributed by atoms with Gasteiger partial charge in [0, 0.05) is 22.1 Å². The Bertz CT molecular complexity index is 646. The molecule has 1 aromatic heterocycles. The molecule has 0 unspecified atom stereocenters. The monoisotopic (exact) mass is 341 g/mol. The van der Waals surface area contributed by atoms with Crippen molar-refractivity contribution in [3.63, 3.8) is 0 Å². The summed E-state index contributed by atoms with van der Waals surface area (Å²) in [5, 5.41) is 9.95. The van der Waals surface area contributed by atoms with Crippen LogP contribution in [0.15, 0.2) is 9.82 Å². The first-order valence-electron chi connectivity index (χ1n) is 7.94. The summed E-state index contributed by atoms with van der Waals surface area (Å²) in [5.74, 6) is 0.944. The first-order valence-corrected chi connectivity index (χ1v) is 9.57. The van der Waals surface area contributed by atoms with Gasteiger partial charge in [-0.1, -0.05) is 38.5 Å². The predicted octanol–water partition coefficient (Wildman–Crippen LogP) is 3.79. The summed E-state index contributed by atoms with van der Waals surface area (Å²) < 4.78 is 1.81. The topological polar surface area (TPSA) is 59.3 Å². The van der Waals surface area contributed by atoms with Gasteiger partial charge in [-0.05, 0) is 24.7 Å². The van der Waals surface area contributed by atoms with Gasteiger partial charge in [-0.15, -0.1) is 11.8 Å². The lowest BCUT2D eigenvalue weighted by molar-refractivity contribution is -0.137. The SMILES string of the molecule is C[C@H]1CC[C@H]2[C@@H](C1)c1sc(=O)n(CCC(=O)O)c1SC2(C)C. The van der Waals surface area contributed by atoms with E-state index in [4.69, 9.17) is 5.11 Å². The number of rotatable bonds is 3. The van der Waals surface area contributed by atoms with Crippen LogP contribution in [0.4, 0.5) is 0 Å². The van der Waals surface area contributed by atoms with Crippen molar-refractivity contribution in [3.05, 3.63) is 14.5 Å². The van der Waals surface area contributed by atoms with Crippen molar-refractivity contribution in [2.24, 2.45) is 11.8 Å². The van der Waals surface area contributed by atoms with E-state index in [9.17, 15) is 9.59 Å². The van der Waals surface area contributed by atoms with Crippen molar-refractivity contribution in [1.29, 1.82) is 0 Å². The summed E-state index contributed by atoms with van der Waals surface area (Å²) in [5.41, 5.74) is 0. The van der Waals surface area contributed by atoms with E-state index < -0.39 is 5.97 Å². The van der Waals surface area contributed by atoms with E-state index in [1.165, 1.54) is 29.1 Å². The fourth-order valence-corrected chi connectivity index (χ4v) is 6.84. The molecule has 0 bridgehead atoms. The Morgan fingerprint density at radius 1 is 1.41 bits per heavy atom. The fourth-order valence-electron chi connectivity index (χ4n) is 3.98. The number of aromatic nitrogens is 1. The maximum atomic E-state index is 12.4. The third-order valence-corrected chi connectivity index (χ3v) is 7.83. The number of nitrogens with zero attached hydrogens (tertiary/aromatic N) is 1. The first kappa shape index (κ1) is 16.1. The van der Waals surface area contributed by atoms with Crippen LogP contribution in [-0.4, -0.2) is 20.4 Å². The molecule has 0 amide bonds. The van der Waals surface area contributed by atoms with Crippen LogP contribution in [0.1, 0.15) is 57.2 Å². The minimum Gasteiger partial charge on any atom is -0.481 e. The third-order valence-electron chi connectivity index (χ3n) is 5.12. The molecular weight excluding hydrogens is 318 g/mol. The molecule has 22 heavy (non-hydrogen) atoms. The minimum absolute atomic E-state index is 0.00780. The van der Waals surface area contributed by atoms with Gasteiger partial charge in [0.25, 0.3) is 0 Å². The van der Waals surface area contributed by atoms with E-state index in [1.807, 2.05) is 0 Å². The molecule has 3 rings (SSSR count). The largest absolute Gasteiger partial charge is 0.481 e. The van der Waals surface area contributed by atoms with Crippen LogP contribution >= 0.6 is 23.1 Å². The lowest BCUT2D eigenvalue weighted by Gasteiger charge is -2.47. The van der Waals surface area contributed by atoms with Gasteiger partial charge >= 0.3 is 10.8 Å². The van der Waals surface area contributed by atoms with Gasteiger partial charge in [-0.2, -0.15) is 0 Å². The van der Waals surface area contributed by atoms with E-state index in [-0.39, 0.29) is 22.6 Å². The van der Waals surface area contributed by atoms with Crippen LogP contribution in [0.3, 0.4) is 0 Å². The van der Waals surface area contributed by atoms with E-state index in [2.05, 4.69) is 20.8 Å². The van der Waals surface area contributed by atoms with Crippen LogP contribution in [-0.2, 0) is 11.3 Å². The average Bonchev–Trinajstić information content (AvgIpc) is 2.71. The van der Waals surface area contributed by atoms with E-state index >= 15 is 0 Å². The summed E-state index contributed by atoms with van der Waals surface area (Å²) in [6.45, 7) is 7.14. The Hall–Kier alpha value is -0.750. The van der Waals surface area contributed by atoms with Crippen molar-refractivity contribution >= 4 is 29.1 Å². The summed E-state index contributed by atoms with van der Waals surface area (Å²) in [6, 6.07) is 0. The molecule has 1 aromatic rings. The van der Waals surface area contributed by atoms with Crippen molar-refractivity contribution in [3.8, 4) is 0 Å². The van der Waals surface area contributed by atoms with E-state index in [0.29, 0.717) is 17.8 Å². The van der Waals surface area contributed by atoms with Gasteiger partial charge in [0.2, 0.25) is 0 Å². The van der Waals surface area contributed by atoms with Gasteiger partial charge < -0.3 is 5.11 Å². The van der Waals surface area contributed by atoms with Crippen LogP contribution in [0.2, 0.25) is 0 Å². The second-order valence-corrected chi connectivity index (χ2v) is 9.81. The number of aliphatic carboxylic acids is 1. The maximum absolute atomic E-state index is 12.4. The van der Waals surface area contributed by atoms with Crippen LogP contribution in [0.5, 0.6) is 0 Å². The number of carboxylic acids is 1. The number of thioether (sulfide) groups is 1. The number of hydrogen-bond acceptors (Lipinski definition) is 4. The summed E-state index contributed by atoms with van der Waals surface area (Å²) in [4.78, 5) is 24.4. The van der Waals surface area contributed by atoms with Gasteiger partial charge in [0.15, 0.2) is 0 Å². The molecule has 0 aromatic carbocycles. The molecule has 0 spiro atoms.